The Labute approximate surface area is 114 Å². The average molecular weight is 268 g/mol. The number of aliphatic hydroxyl groups excluding tert-OH is 1. The largest absolute Gasteiger partial charge is 0.395 e. The maximum atomic E-state index is 9.44. The first-order valence-corrected chi connectivity index (χ1v) is 7.92. The first-order valence-electron chi connectivity index (χ1n) is 7.04. The van der Waals surface area contributed by atoms with Crippen LogP contribution in [0.25, 0.3) is 0 Å². The smallest absolute Gasteiger partial charge is 0.0926 e. The lowest BCUT2D eigenvalue weighted by Crippen LogP contribution is -2.41. The first-order chi connectivity index (χ1) is 8.74. The molecular formula is C14H24N2OS. The Bertz CT molecular complexity index is 360. The van der Waals surface area contributed by atoms with Crippen LogP contribution in [0.5, 0.6) is 0 Å². The minimum absolute atomic E-state index is 0.236. The summed E-state index contributed by atoms with van der Waals surface area (Å²) < 4.78 is 0. The Balaban J connectivity index is 2.03. The van der Waals surface area contributed by atoms with Crippen molar-refractivity contribution in [1.82, 2.24) is 9.88 Å². The molecule has 1 aromatic rings. The third-order valence-electron chi connectivity index (χ3n) is 3.87. The van der Waals surface area contributed by atoms with E-state index in [0.717, 1.165) is 13.0 Å². The van der Waals surface area contributed by atoms with Crippen molar-refractivity contribution in [1.29, 1.82) is 0 Å². The maximum Gasteiger partial charge on any atom is 0.0926 e. The van der Waals surface area contributed by atoms with Crippen molar-refractivity contribution in [3.8, 4) is 0 Å². The van der Waals surface area contributed by atoms with Gasteiger partial charge in [-0.1, -0.05) is 19.8 Å². The molecule has 1 heterocycles. The first kappa shape index (κ1) is 14.0. The zero-order chi connectivity index (χ0) is 13.0. The fraction of sp³-hybridized carbons (Fsp3) is 0.786. The van der Waals surface area contributed by atoms with E-state index in [1.54, 1.807) is 11.3 Å². The number of rotatable bonds is 6. The summed E-state index contributed by atoms with van der Waals surface area (Å²) in [6.45, 7) is 5.39. The second-order valence-electron chi connectivity index (χ2n) is 5.23. The summed E-state index contributed by atoms with van der Waals surface area (Å²) in [6.07, 6.45) is 6.22. The fourth-order valence-electron chi connectivity index (χ4n) is 2.76. The number of hydrogen-bond acceptors (Lipinski definition) is 4. The Morgan fingerprint density at radius 3 is 2.78 bits per heavy atom. The molecule has 102 valence electrons. The van der Waals surface area contributed by atoms with Crippen LogP contribution in [0.4, 0.5) is 0 Å². The molecule has 1 aliphatic rings. The molecule has 4 heteroatoms. The summed E-state index contributed by atoms with van der Waals surface area (Å²) in [5.74, 6) is 0. The molecular weight excluding hydrogens is 244 g/mol. The highest BCUT2D eigenvalue weighted by Crippen LogP contribution is 2.27. The standard InChI is InChI=1S/C14H24N2OS/c1-3-14-15-12(10-18-14)8-16(11(2)9-17)13-6-4-5-7-13/h10-11,13,17H,3-9H2,1-2H3/t11-/m1/s1. The summed E-state index contributed by atoms with van der Waals surface area (Å²) >= 11 is 1.75. The van der Waals surface area contributed by atoms with E-state index >= 15 is 0 Å². The van der Waals surface area contributed by atoms with Crippen LogP contribution in [0.3, 0.4) is 0 Å². The molecule has 0 bridgehead atoms. The number of hydrogen-bond donors (Lipinski definition) is 1. The van der Waals surface area contributed by atoms with Gasteiger partial charge >= 0.3 is 0 Å². The summed E-state index contributed by atoms with van der Waals surface area (Å²) in [5.41, 5.74) is 1.17. The minimum Gasteiger partial charge on any atom is -0.395 e. The topological polar surface area (TPSA) is 36.4 Å². The molecule has 0 unspecified atom stereocenters. The number of thiazole rings is 1. The van der Waals surface area contributed by atoms with E-state index in [1.807, 2.05) is 0 Å². The van der Waals surface area contributed by atoms with Crippen LogP contribution < -0.4 is 0 Å². The van der Waals surface area contributed by atoms with Crippen molar-refractivity contribution in [2.24, 2.45) is 0 Å². The fourth-order valence-corrected chi connectivity index (χ4v) is 3.49. The predicted molar refractivity (Wildman–Crippen MR) is 75.8 cm³/mol. The molecule has 1 N–H and O–H groups in total. The number of aliphatic hydroxyl groups is 1. The monoisotopic (exact) mass is 268 g/mol. The van der Waals surface area contributed by atoms with Crippen molar-refractivity contribution in [2.75, 3.05) is 6.61 Å². The van der Waals surface area contributed by atoms with Gasteiger partial charge in [0.15, 0.2) is 0 Å². The Morgan fingerprint density at radius 2 is 2.22 bits per heavy atom. The molecule has 0 aliphatic heterocycles. The summed E-state index contributed by atoms with van der Waals surface area (Å²) in [7, 11) is 0. The Kier molecular flexibility index (Phi) is 5.15. The van der Waals surface area contributed by atoms with Gasteiger partial charge in [-0.05, 0) is 26.2 Å². The lowest BCUT2D eigenvalue weighted by Gasteiger charge is -2.33. The summed E-state index contributed by atoms with van der Waals surface area (Å²) in [6, 6.07) is 0.874. The number of nitrogens with zero attached hydrogens (tertiary/aromatic N) is 2. The van der Waals surface area contributed by atoms with Crippen molar-refractivity contribution in [3.63, 3.8) is 0 Å². The van der Waals surface area contributed by atoms with Crippen LogP contribution in [0.2, 0.25) is 0 Å². The van der Waals surface area contributed by atoms with Gasteiger partial charge < -0.3 is 5.11 Å². The molecule has 1 atom stereocenters. The van der Waals surface area contributed by atoms with Crippen molar-refractivity contribution >= 4 is 11.3 Å². The quantitative estimate of drug-likeness (QED) is 0.862. The van der Waals surface area contributed by atoms with Gasteiger partial charge in [-0.2, -0.15) is 0 Å². The van der Waals surface area contributed by atoms with Gasteiger partial charge in [0, 0.05) is 24.0 Å². The van der Waals surface area contributed by atoms with Gasteiger partial charge in [-0.3, -0.25) is 4.90 Å². The third kappa shape index (κ3) is 3.31. The second kappa shape index (κ2) is 6.64. The molecule has 1 fully saturated rings. The van der Waals surface area contributed by atoms with Crippen LogP contribution in [-0.4, -0.2) is 33.7 Å². The van der Waals surface area contributed by atoms with Gasteiger partial charge in [0.25, 0.3) is 0 Å². The number of aryl methyl sites for hydroxylation is 1. The van der Waals surface area contributed by atoms with E-state index in [0.29, 0.717) is 6.04 Å². The van der Waals surface area contributed by atoms with Crippen LogP contribution in [0, 0.1) is 0 Å². The maximum absolute atomic E-state index is 9.44. The molecule has 1 saturated carbocycles. The van der Waals surface area contributed by atoms with Crippen molar-refractivity contribution < 1.29 is 5.11 Å². The van der Waals surface area contributed by atoms with Gasteiger partial charge in [0.2, 0.25) is 0 Å². The Morgan fingerprint density at radius 1 is 1.50 bits per heavy atom. The molecule has 0 radical (unpaired) electrons. The van der Waals surface area contributed by atoms with Gasteiger partial charge in [-0.15, -0.1) is 11.3 Å². The molecule has 0 amide bonds. The SMILES string of the molecule is CCc1nc(CN(C2CCCC2)[C@H](C)CO)cs1. The molecule has 1 aliphatic carbocycles. The van der Waals surface area contributed by atoms with E-state index in [1.165, 1.54) is 36.4 Å². The molecule has 0 aromatic carbocycles. The average Bonchev–Trinajstić information content (AvgIpc) is 3.05. The van der Waals surface area contributed by atoms with E-state index < -0.39 is 0 Å². The zero-order valence-corrected chi connectivity index (χ0v) is 12.2. The van der Waals surface area contributed by atoms with Gasteiger partial charge in [0.05, 0.1) is 17.3 Å². The molecule has 1 aromatic heterocycles. The molecule has 2 rings (SSSR count). The zero-order valence-electron chi connectivity index (χ0n) is 11.4. The molecule has 0 spiro atoms. The molecule has 0 saturated heterocycles. The summed E-state index contributed by atoms with van der Waals surface area (Å²) in [5, 5.41) is 12.8. The second-order valence-corrected chi connectivity index (χ2v) is 6.17. The van der Waals surface area contributed by atoms with Crippen molar-refractivity contribution in [3.05, 3.63) is 16.1 Å². The lowest BCUT2D eigenvalue weighted by atomic mass is 10.1. The van der Waals surface area contributed by atoms with Crippen LogP contribution >= 0.6 is 11.3 Å². The van der Waals surface area contributed by atoms with E-state index in [2.05, 4.69) is 29.1 Å². The third-order valence-corrected chi connectivity index (χ3v) is 4.91. The van der Waals surface area contributed by atoms with Crippen LogP contribution in [0.15, 0.2) is 5.38 Å². The molecule has 18 heavy (non-hydrogen) atoms. The highest BCUT2D eigenvalue weighted by Gasteiger charge is 2.26. The minimum atomic E-state index is 0.236. The summed E-state index contributed by atoms with van der Waals surface area (Å²) in [4.78, 5) is 7.10. The number of aromatic nitrogens is 1. The van der Waals surface area contributed by atoms with E-state index in [4.69, 9.17) is 0 Å². The Hall–Kier alpha value is -0.450. The van der Waals surface area contributed by atoms with Gasteiger partial charge in [-0.25, -0.2) is 4.98 Å². The predicted octanol–water partition coefficient (Wildman–Crippen LogP) is 2.83. The van der Waals surface area contributed by atoms with Crippen LogP contribution in [-0.2, 0) is 13.0 Å². The normalized spacial score (nSPS) is 18.7. The van der Waals surface area contributed by atoms with Crippen LogP contribution in [0.1, 0.15) is 50.2 Å². The highest BCUT2D eigenvalue weighted by molar-refractivity contribution is 7.09. The van der Waals surface area contributed by atoms with E-state index in [-0.39, 0.29) is 12.6 Å². The van der Waals surface area contributed by atoms with E-state index in [9.17, 15) is 5.11 Å². The molecule has 3 nitrogen and oxygen atoms in total. The van der Waals surface area contributed by atoms with Gasteiger partial charge in [0.1, 0.15) is 0 Å². The lowest BCUT2D eigenvalue weighted by molar-refractivity contribution is 0.0864. The highest BCUT2D eigenvalue weighted by atomic mass is 32.1. The van der Waals surface area contributed by atoms with Crippen molar-refractivity contribution in [2.45, 2.75) is 64.6 Å².